The van der Waals surface area contributed by atoms with Crippen molar-refractivity contribution in [1.29, 1.82) is 0 Å². The van der Waals surface area contributed by atoms with Crippen molar-refractivity contribution < 1.29 is 16.8 Å². The van der Waals surface area contributed by atoms with Crippen molar-refractivity contribution in [1.82, 2.24) is 8.61 Å². The summed E-state index contributed by atoms with van der Waals surface area (Å²) in [5.41, 5.74) is 5.46. The van der Waals surface area contributed by atoms with Crippen molar-refractivity contribution in [3.63, 3.8) is 0 Å². The third kappa shape index (κ3) is 3.82. The van der Waals surface area contributed by atoms with Gasteiger partial charge in [0.05, 0.1) is 6.26 Å². The van der Waals surface area contributed by atoms with Crippen molar-refractivity contribution in [3.8, 4) is 0 Å². The molecule has 1 aromatic heterocycles. The fourth-order valence-corrected chi connectivity index (χ4v) is 5.92. The van der Waals surface area contributed by atoms with Crippen LogP contribution in [0.3, 0.4) is 0 Å². The number of nitrogens with two attached hydrogens (primary N) is 1. The average molecular weight is 353 g/mol. The average Bonchev–Trinajstić information content (AvgIpc) is 2.88. The maximum atomic E-state index is 12.5. The Bertz CT molecular complexity index is 688. The quantitative estimate of drug-likeness (QED) is 0.770. The van der Waals surface area contributed by atoms with E-state index in [-0.39, 0.29) is 26.2 Å². The maximum absolute atomic E-state index is 12.5. The molecule has 1 aromatic rings. The standard InChI is InChI=1S/C11H19N3O4S3/c1-20(15,16)13-6-8-14(9-7-13)21(17,18)11-3-2-10(19-11)4-5-12/h2-3H,4-9,12H2,1H3. The molecule has 0 spiro atoms. The molecule has 0 bridgehead atoms. The second-order valence-electron chi connectivity index (χ2n) is 4.83. The summed E-state index contributed by atoms with van der Waals surface area (Å²) in [4.78, 5) is 0.936. The lowest BCUT2D eigenvalue weighted by molar-refractivity contribution is 0.274. The molecule has 1 saturated heterocycles. The van der Waals surface area contributed by atoms with Crippen LogP contribution in [0.2, 0.25) is 0 Å². The summed E-state index contributed by atoms with van der Waals surface area (Å²) < 4.78 is 50.8. The van der Waals surface area contributed by atoms with Gasteiger partial charge < -0.3 is 5.73 Å². The summed E-state index contributed by atoms with van der Waals surface area (Å²) in [5, 5.41) is 0. The zero-order valence-electron chi connectivity index (χ0n) is 11.7. The minimum Gasteiger partial charge on any atom is -0.330 e. The first kappa shape index (κ1) is 16.8. The molecule has 120 valence electrons. The molecule has 0 radical (unpaired) electrons. The SMILES string of the molecule is CS(=O)(=O)N1CCN(S(=O)(=O)c2ccc(CCN)s2)CC1. The van der Waals surface area contributed by atoms with Gasteiger partial charge in [-0.15, -0.1) is 11.3 Å². The van der Waals surface area contributed by atoms with Gasteiger partial charge in [-0.3, -0.25) is 0 Å². The highest BCUT2D eigenvalue weighted by Crippen LogP contribution is 2.26. The minimum atomic E-state index is -3.54. The number of nitrogens with zero attached hydrogens (tertiary/aromatic N) is 2. The summed E-state index contributed by atoms with van der Waals surface area (Å²) in [7, 11) is -6.80. The van der Waals surface area contributed by atoms with Gasteiger partial charge in [0.1, 0.15) is 4.21 Å². The fraction of sp³-hybridized carbons (Fsp3) is 0.636. The van der Waals surface area contributed by atoms with E-state index >= 15 is 0 Å². The highest BCUT2D eigenvalue weighted by Gasteiger charge is 2.32. The van der Waals surface area contributed by atoms with Gasteiger partial charge in [0, 0.05) is 31.1 Å². The summed E-state index contributed by atoms with van der Waals surface area (Å²) in [6.45, 7) is 1.23. The Balaban J connectivity index is 2.11. The van der Waals surface area contributed by atoms with Crippen LogP contribution in [0.4, 0.5) is 0 Å². The lowest BCUT2D eigenvalue weighted by Gasteiger charge is -2.32. The van der Waals surface area contributed by atoms with Crippen LogP contribution in [0.5, 0.6) is 0 Å². The molecule has 2 heterocycles. The van der Waals surface area contributed by atoms with Gasteiger partial charge in [0.25, 0.3) is 10.0 Å². The summed E-state index contributed by atoms with van der Waals surface area (Å²) >= 11 is 1.22. The predicted octanol–water partition coefficient (Wildman–Crippen LogP) is -0.485. The first-order valence-corrected chi connectivity index (χ1v) is 10.6. The summed E-state index contributed by atoms with van der Waals surface area (Å²) in [5.74, 6) is 0. The minimum absolute atomic E-state index is 0.180. The summed E-state index contributed by atoms with van der Waals surface area (Å²) in [6, 6.07) is 3.37. The van der Waals surface area contributed by atoms with Gasteiger partial charge in [-0.1, -0.05) is 0 Å². The van der Waals surface area contributed by atoms with E-state index in [4.69, 9.17) is 5.73 Å². The van der Waals surface area contributed by atoms with Gasteiger partial charge >= 0.3 is 0 Å². The normalized spacial score (nSPS) is 19.0. The smallest absolute Gasteiger partial charge is 0.252 e. The van der Waals surface area contributed by atoms with E-state index in [1.165, 1.54) is 19.9 Å². The highest BCUT2D eigenvalue weighted by atomic mass is 32.2. The number of hydrogen-bond acceptors (Lipinski definition) is 6. The van der Waals surface area contributed by atoms with E-state index < -0.39 is 20.0 Å². The lowest BCUT2D eigenvalue weighted by atomic mass is 10.3. The molecule has 2 N–H and O–H groups in total. The van der Waals surface area contributed by atoms with Crippen LogP contribution < -0.4 is 5.73 Å². The topological polar surface area (TPSA) is 101 Å². The van der Waals surface area contributed by atoms with E-state index in [9.17, 15) is 16.8 Å². The van der Waals surface area contributed by atoms with Crippen LogP contribution in [0, 0.1) is 0 Å². The number of hydrogen-bond donors (Lipinski definition) is 1. The van der Waals surface area contributed by atoms with Crippen LogP contribution >= 0.6 is 11.3 Å². The summed E-state index contributed by atoms with van der Waals surface area (Å²) in [6.07, 6.45) is 1.79. The van der Waals surface area contributed by atoms with E-state index in [0.717, 1.165) is 11.1 Å². The maximum Gasteiger partial charge on any atom is 0.252 e. The number of sulfonamides is 2. The van der Waals surface area contributed by atoms with Gasteiger partial charge in [0.2, 0.25) is 10.0 Å². The Morgan fingerprint density at radius 1 is 1.10 bits per heavy atom. The molecule has 0 amide bonds. The van der Waals surface area contributed by atoms with Gasteiger partial charge in [-0.25, -0.2) is 16.8 Å². The van der Waals surface area contributed by atoms with Crippen LogP contribution in [0.1, 0.15) is 4.88 Å². The number of thiophene rings is 1. The Morgan fingerprint density at radius 2 is 1.67 bits per heavy atom. The molecule has 1 aliphatic heterocycles. The van der Waals surface area contributed by atoms with Crippen LogP contribution in [0.25, 0.3) is 0 Å². The fourth-order valence-electron chi connectivity index (χ4n) is 2.14. The van der Waals surface area contributed by atoms with Crippen LogP contribution in [-0.4, -0.2) is 64.4 Å². The zero-order chi connectivity index (χ0) is 15.7. The highest BCUT2D eigenvalue weighted by molar-refractivity contribution is 7.91. The molecule has 1 aliphatic rings. The van der Waals surface area contributed by atoms with E-state index in [1.807, 2.05) is 0 Å². The molecule has 0 aromatic carbocycles. The third-order valence-electron chi connectivity index (χ3n) is 3.29. The van der Waals surface area contributed by atoms with E-state index in [0.29, 0.717) is 17.2 Å². The van der Waals surface area contributed by atoms with E-state index in [2.05, 4.69) is 0 Å². The second-order valence-corrected chi connectivity index (χ2v) is 10.1. The second kappa shape index (κ2) is 6.31. The molecule has 0 atom stereocenters. The molecule has 2 rings (SSSR count). The molecule has 0 aliphatic carbocycles. The van der Waals surface area contributed by atoms with Gasteiger partial charge in [0.15, 0.2) is 0 Å². The van der Waals surface area contributed by atoms with Crippen molar-refractivity contribution in [2.24, 2.45) is 5.73 Å². The van der Waals surface area contributed by atoms with E-state index in [1.54, 1.807) is 12.1 Å². The first-order chi connectivity index (χ1) is 9.75. The molecular weight excluding hydrogens is 334 g/mol. The molecule has 0 saturated carbocycles. The van der Waals surface area contributed by atoms with Gasteiger partial charge in [-0.05, 0) is 25.1 Å². The molecular formula is C11H19N3O4S3. The Labute approximate surface area is 129 Å². The number of rotatable bonds is 5. The first-order valence-electron chi connectivity index (χ1n) is 6.49. The van der Waals surface area contributed by atoms with Crippen molar-refractivity contribution in [3.05, 3.63) is 17.0 Å². The molecule has 7 nitrogen and oxygen atoms in total. The largest absolute Gasteiger partial charge is 0.330 e. The monoisotopic (exact) mass is 353 g/mol. The van der Waals surface area contributed by atoms with Crippen LogP contribution in [0.15, 0.2) is 16.3 Å². The predicted molar refractivity (Wildman–Crippen MR) is 82.3 cm³/mol. The van der Waals surface area contributed by atoms with Crippen molar-refractivity contribution in [2.75, 3.05) is 39.0 Å². The Morgan fingerprint density at radius 3 is 2.19 bits per heavy atom. The van der Waals surface area contributed by atoms with Gasteiger partial charge in [-0.2, -0.15) is 8.61 Å². The van der Waals surface area contributed by atoms with Crippen LogP contribution in [-0.2, 0) is 26.5 Å². The molecule has 1 fully saturated rings. The zero-order valence-corrected chi connectivity index (χ0v) is 14.2. The van der Waals surface area contributed by atoms with Crippen molar-refractivity contribution in [2.45, 2.75) is 10.6 Å². The third-order valence-corrected chi connectivity index (χ3v) is 8.10. The Hall–Kier alpha value is -0.520. The Kier molecular flexibility index (Phi) is 5.06. The number of piperazine rings is 1. The molecule has 0 unspecified atom stereocenters. The molecule has 10 heteroatoms. The van der Waals surface area contributed by atoms with Crippen molar-refractivity contribution >= 4 is 31.4 Å². The lowest BCUT2D eigenvalue weighted by Crippen LogP contribution is -2.50. The molecule has 21 heavy (non-hydrogen) atoms.